The van der Waals surface area contributed by atoms with Crippen LogP contribution in [0.25, 0.3) is 0 Å². The van der Waals surface area contributed by atoms with Gasteiger partial charge in [0, 0.05) is 19.3 Å². The Morgan fingerprint density at radius 1 is 1.53 bits per heavy atom. The molecule has 1 saturated carbocycles. The van der Waals surface area contributed by atoms with E-state index in [0.717, 1.165) is 19.0 Å². The molecule has 0 bridgehead atoms. The second kappa shape index (κ2) is 5.79. The fourth-order valence-corrected chi connectivity index (χ4v) is 2.11. The zero-order chi connectivity index (χ0) is 12.1. The quantitative estimate of drug-likeness (QED) is 0.752. The van der Waals surface area contributed by atoms with Crippen LogP contribution in [0.2, 0.25) is 0 Å². The summed E-state index contributed by atoms with van der Waals surface area (Å²) in [4.78, 5) is 6.50. The highest BCUT2D eigenvalue weighted by Crippen LogP contribution is 2.30. The minimum atomic E-state index is 0.519. The first-order chi connectivity index (χ1) is 8.31. The lowest BCUT2D eigenvalue weighted by Crippen LogP contribution is -2.26. The van der Waals surface area contributed by atoms with E-state index in [2.05, 4.69) is 22.9 Å². The highest BCUT2D eigenvalue weighted by atomic mass is 15.1. The summed E-state index contributed by atoms with van der Waals surface area (Å²) in [5.41, 5.74) is 1.72. The SMILES string of the molecule is CCCN(Cc1ccnc(C#N)c1)CC1CC1. The maximum absolute atomic E-state index is 8.83. The third-order valence-corrected chi connectivity index (χ3v) is 3.10. The third-order valence-electron chi connectivity index (χ3n) is 3.10. The van der Waals surface area contributed by atoms with Gasteiger partial charge in [-0.1, -0.05) is 6.92 Å². The topological polar surface area (TPSA) is 39.9 Å². The van der Waals surface area contributed by atoms with Crippen molar-refractivity contribution >= 4 is 0 Å². The van der Waals surface area contributed by atoms with E-state index < -0.39 is 0 Å². The summed E-state index contributed by atoms with van der Waals surface area (Å²) in [5.74, 6) is 0.916. The monoisotopic (exact) mass is 229 g/mol. The number of pyridine rings is 1. The lowest BCUT2D eigenvalue weighted by molar-refractivity contribution is 0.255. The van der Waals surface area contributed by atoms with E-state index in [9.17, 15) is 0 Å². The number of hydrogen-bond donors (Lipinski definition) is 0. The molecule has 0 spiro atoms. The largest absolute Gasteiger partial charge is 0.299 e. The van der Waals surface area contributed by atoms with Gasteiger partial charge in [-0.05, 0) is 49.4 Å². The van der Waals surface area contributed by atoms with Gasteiger partial charge in [0.25, 0.3) is 0 Å². The Labute approximate surface area is 103 Å². The van der Waals surface area contributed by atoms with E-state index in [1.807, 2.05) is 12.1 Å². The fraction of sp³-hybridized carbons (Fsp3) is 0.571. The maximum Gasteiger partial charge on any atom is 0.140 e. The smallest absolute Gasteiger partial charge is 0.140 e. The fourth-order valence-electron chi connectivity index (χ4n) is 2.11. The summed E-state index contributed by atoms with van der Waals surface area (Å²) < 4.78 is 0. The van der Waals surface area contributed by atoms with Crippen molar-refractivity contribution in [2.24, 2.45) is 5.92 Å². The first kappa shape index (κ1) is 12.1. The third kappa shape index (κ3) is 3.83. The van der Waals surface area contributed by atoms with E-state index in [1.54, 1.807) is 6.20 Å². The zero-order valence-corrected chi connectivity index (χ0v) is 10.4. The molecule has 1 aromatic heterocycles. The minimum absolute atomic E-state index is 0.519. The Morgan fingerprint density at radius 3 is 3.00 bits per heavy atom. The molecule has 0 N–H and O–H groups in total. The van der Waals surface area contributed by atoms with Crippen molar-refractivity contribution in [2.75, 3.05) is 13.1 Å². The second-order valence-corrected chi connectivity index (χ2v) is 4.84. The Kier molecular flexibility index (Phi) is 4.11. The van der Waals surface area contributed by atoms with Crippen molar-refractivity contribution in [1.82, 2.24) is 9.88 Å². The summed E-state index contributed by atoms with van der Waals surface area (Å²) in [6.07, 6.45) is 5.69. The molecule has 1 aromatic rings. The van der Waals surface area contributed by atoms with Crippen molar-refractivity contribution in [1.29, 1.82) is 5.26 Å². The van der Waals surface area contributed by atoms with Crippen LogP contribution in [0.1, 0.15) is 37.4 Å². The van der Waals surface area contributed by atoms with Gasteiger partial charge in [0.15, 0.2) is 0 Å². The van der Waals surface area contributed by atoms with Crippen LogP contribution in [-0.4, -0.2) is 23.0 Å². The van der Waals surface area contributed by atoms with Gasteiger partial charge in [-0.2, -0.15) is 5.26 Å². The molecule has 0 aliphatic heterocycles. The molecule has 1 aliphatic rings. The van der Waals surface area contributed by atoms with Gasteiger partial charge >= 0.3 is 0 Å². The average molecular weight is 229 g/mol. The van der Waals surface area contributed by atoms with E-state index in [-0.39, 0.29) is 0 Å². The van der Waals surface area contributed by atoms with Gasteiger partial charge in [-0.3, -0.25) is 4.90 Å². The Morgan fingerprint density at radius 2 is 2.35 bits per heavy atom. The van der Waals surface area contributed by atoms with Crippen LogP contribution >= 0.6 is 0 Å². The summed E-state index contributed by atoms with van der Waals surface area (Å²) in [6.45, 7) is 5.51. The maximum atomic E-state index is 8.83. The number of aromatic nitrogens is 1. The summed E-state index contributed by atoms with van der Waals surface area (Å²) >= 11 is 0. The summed E-state index contributed by atoms with van der Waals surface area (Å²) in [7, 11) is 0. The molecular formula is C14H19N3. The minimum Gasteiger partial charge on any atom is -0.299 e. The average Bonchev–Trinajstić information content (AvgIpc) is 3.13. The van der Waals surface area contributed by atoms with Crippen LogP contribution in [0.3, 0.4) is 0 Å². The molecule has 90 valence electrons. The molecule has 2 rings (SSSR count). The normalized spacial score (nSPS) is 14.9. The molecule has 3 nitrogen and oxygen atoms in total. The highest BCUT2D eigenvalue weighted by molar-refractivity contribution is 5.25. The number of nitriles is 1. The molecular weight excluding hydrogens is 210 g/mol. The summed E-state index contributed by atoms with van der Waals surface area (Å²) in [5, 5.41) is 8.83. The summed E-state index contributed by atoms with van der Waals surface area (Å²) in [6, 6.07) is 6.00. The van der Waals surface area contributed by atoms with Gasteiger partial charge in [0.05, 0.1) is 0 Å². The first-order valence-electron chi connectivity index (χ1n) is 6.39. The van der Waals surface area contributed by atoms with Gasteiger partial charge in [0.1, 0.15) is 11.8 Å². The molecule has 0 unspecified atom stereocenters. The van der Waals surface area contributed by atoms with Crippen LogP contribution in [0.4, 0.5) is 0 Å². The molecule has 1 heterocycles. The lowest BCUT2D eigenvalue weighted by atomic mass is 10.2. The van der Waals surface area contributed by atoms with Gasteiger partial charge in [-0.15, -0.1) is 0 Å². The van der Waals surface area contributed by atoms with Gasteiger partial charge in [0.2, 0.25) is 0 Å². The van der Waals surface area contributed by atoms with Crippen LogP contribution in [0.15, 0.2) is 18.3 Å². The van der Waals surface area contributed by atoms with Crippen LogP contribution < -0.4 is 0 Å². The van der Waals surface area contributed by atoms with Crippen molar-refractivity contribution in [3.63, 3.8) is 0 Å². The molecule has 0 saturated heterocycles. The van der Waals surface area contributed by atoms with Crippen molar-refractivity contribution < 1.29 is 0 Å². The number of hydrogen-bond acceptors (Lipinski definition) is 3. The molecule has 0 atom stereocenters. The molecule has 1 fully saturated rings. The molecule has 0 aromatic carbocycles. The predicted octanol–water partition coefficient (Wildman–Crippen LogP) is 2.58. The first-order valence-corrected chi connectivity index (χ1v) is 6.39. The van der Waals surface area contributed by atoms with Crippen molar-refractivity contribution in [3.05, 3.63) is 29.6 Å². The lowest BCUT2D eigenvalue weighted by Gasteiger charge is -2.21. The number of nitrogens with zero attached hydrogens (tertiary/aromatic N) is 3. The van der Waals surface area contributed by atoms with Gasteiger partial charge < -0.3 is 0 Å². The molecule has 17 heavy (non-hydrogen) atoms. The number of rotatable bonds is 6. The molecule has 1 aliphatic carbocycles. The Balaban J connectivity index is 1.97. The Hall–Kier alpha value is -1.40. The van der Waals surface area contributed by atoms with Crippen molar-refractivity contribution in [3.8, 4) is 6.07 Å². The van der Waals surface area contributed by atoms with E-state index >= 15 is 0 Å². The van der Waals surface area contributed by atoms with E-state index in [4.69, 9.17) is 5.26 Å². The second-order valence-electron chi connectivity index (χ2n) is 4.84. The zero-order valence-electron chi connectivity index (χ0n) is 10.4. The van der Waals surface area contributed by atoms with Crippen LogP contribution in [0, 0.1) is 17.2 Å². The van der Waals surface area contributed by atoms with Crippen molar-refractivity contribution in [2.45, 2.75) is 32.7 Å². The molecule has 3 heteroatoms. The molecule has 0 radical (unpaired) electrons. The highest BCUT2D eigenvalue weighted by Gasteiger charge is 2.23. The van der Waals surface area contributed by atoms with Gasteiger partial charge in [-0.25, -0.2) is 4.98 Å². The molecule has 0 amide bonds. The predicted molar refractivity (Wildman–Crippen MR) is 67.2 cm³/mol. The van der Waals surface area contributed by atoms with Crippen LogP contribution in [-0.2, 0) is 6.54 Å². The van der Waals surface area contributed by atoms with E-state index in [1.165, 1.54) is 31.4 Å². The standard InChI is InChI=1S/C14H19N3/c1-2-7-17(10-12-3-4-12)11-13-5-6-16-14(8-13)9-15/h5-6,8,12H,2-4,7,10-11H2,1H3. The van der Waals surface area contributed by atoms with Crippen LogP contribution in [0.5, 0.6) is 0 Å². The van der Waals surface area contributed by atoms with E-state index in [0.29, 0.717) is 5.69 Å². The Bertz CT molecular complexity index is 404.